The van der Waals surface area contributed by atoms with Crippen molar-refractivity contribution in [3.05, 3.63) is 54.7 Å². The summed E-state index contributed by atoms with van der Waals surface area (Å²) in [7, 11) is 0. The van der Waals surface area contributed by atoms with Gasteiger partial charge in [0.15, 0.2) is 6.29 Å². The van der Waals surface area contributed by atoms with Crippen molar-refractivity contribution in [3.63, 3.8) is 0 Å². The summed E-state index contributed by atoms with van der Waals surface area (Å²) in [6.45, 7) is 0. The smallest absolute Gasteiger partial charge is 0.168 e. The Bertz CT molecular complexity index is 673. The Balaban J connectivity index is 2.22. The fourth-order valence-electron chi connectivity index (χ4n) is 1.79. The molecule has 0 N–H and O–H groups in total. The Morgan fingerprint density at radius 3 is 2.82 bits per heavy atom. The van der Waals surface area contributed by atoms with Crippen molar-refractivity contribution in [2.24, 2.45) is 0 Å². The molecule has 82 valence electrons. The lowest BCUT2D eigenvalue weighted by atomic mass is 10.1. The van der Waals surface area contributed by atoms with Crippen LogP contribution in [0.1, 0.15) is 10.5 Å². The van der Waals surface area contributed by atoms with Crippen LogP contribution in [0.3, 0.4) is 0 Å². The van der Waals surface area contributed by atoms with E-state index in [9.17, 15) is 4.79 Å². The van der Waals surface area contributed by atoms with E-state index in [-0.39, 0.29) is 0 Å². The molecule has 0 saturated carbocycles. The molecule has 3 aromatic heterocycles. The topological polar surface area (TPSA) is 47.3 Å². The first-order valence-electron chi connectivity index (χ1n) is 5.21. The number of hydrogen-bond acceptors (Lipinski definition) is 3. The lowest BCUT2D eigenvalue weighted by Crippen LogP contribution is -1.91. The largest absolute Gasteiger partial charge is 0.297 e. The highest BCUT2D eigenvalue weighted by Crippen LogP contribution is 2.19. The molecular weight excluding hydrogens is 214 g/mol. The standard InChI is InChI=1S/C13H9N3O/c17-9-12-7-15-13-4-3-11(8-16(12)13)10-2-1-5-14-6-10/h1-9H. The second-order valence-electron chi connectivity index (χ2n) is 3.69. The van der Waals surface area contributed by atoms with Crippen molar-refractivity contribution in [2.75, 3.05) is 0 Å². The van der Waals surface area contributed by atoms with E-state index in [2.05, 4.69) is 9.97 Å². The van der Waals surface area contributed by atoms with Crippen LogP contribution in [-0.4, -0.2) is 20.7 Å². The van der Waals surface area contributed by atoms with Crippen LogP contribution >= 0.6 is 0 Å². The SMILES string of the molecule is O=Cc1cnc2ccc(-c3cccnc3)cn12. The normalized spacial score (nSPS) is 10.6. The summed E-state index contributed by atoms with van der Waals surface area (Å²) in [5.41, 5.74) is 3.33. The number of carbonyl (C=O) groups is 1. The Kier molecular flexibility index (Phi) is 2.19. The minimum absolute atomic E-state index is 0.547. The van der Waals surface area contributed by atoms with Gasteiger partial charge in [0.2, 0.25) is 0 Å². The second-order valence-corrected chi connectivity index (χ2v) is 3.69. The molecule has 0 fully saturated rings. The van der Waals surface area contributed by atoms with Crippen LogP contribution in [0.4, 0.5) is 0 Å². The van der Waals surface area contributed by atoms with Gasteiger partial charge in [-0.1, -0.05) is 6.07 Å². The van der Waals surface area contributed by atoms with Crippen LogP contribution in [0.25, 0.3) is 16.8 Å². The zero-order valence-corrected chi connectivity index (χ0v) is 8.95. The maximum atomic E-state index is 10.9. The molecular formula is C13H9N3O. The van der Waals surface area contributed by atoms with Crippen molar-refractivity contribution in [1.29, 1.82) is 0 Å². The van der Waals surface area contributed by atoms with E-state index in [4.69, 9.17) is 0 Å². The van der Waals surface area contributed by atoms with Gasteiger partial charge in [-0.3, -0.25) is 14.2 Å². The van der Waals surface area contributed by atoms with E-state index in [0.29, 0.717) is 5.69 Å². The summed E-state index contributed by atoms with van der Waals surface area (Å²) in [5.74, 6) is 0. The third-order valence-corrected chi connectivity index (χ3v) is 2.65. The Labute approximate surface area is 97.6 Å². The monoisotopic (exact) mass is 223 g/mol. The van der Waals surface area contributed by atoms with Crippen LogP contribution in [0.2, 0.25) is 0 Å². The fraction of sp³-hybridized carbons (Fsp3) is 0. The summed E-state index contributed by atoms with van der Waals surface area (Å²) in [5, 5.41) is 0. The molecule has 0 saturated heterocycles. The predicted molar refractivity (Wildman–Crippen MR) is 63.8 cm³/mol. The molecule has 0 bridgehead atoms. The molecule has 0 aliphatic rings. The van der Waals surface area contributed by atoms with Gasteiger partial charge >= 0.3 is 0 Å². The van der Waals surface area contributed by atoms with Gasteiger partial charge in [0.25, 0.3) is 0 Å². The third-order valence-electron chi connectivity index (χ3n) is 2.65. The Morgan fingerprint density at radius 2 is 2.06 bits per heavy atom. The van der Waals surface area contributed by atoms with Gasteiger partial charge in [-0.2, -0.15) is 0 Å². The lowest BCUT2D eigenvalue weighted by Gasteiger charge is -2.02. The van der Waals surface area contributed by atoms with Crippen LogP contribution in [0, 0.1) is 0 Å². The number of pyridine rings is 2. The third kappa shape index (κ3) is 1.59. The van der Waals surface area contributed by atoms with Crippen molar-refractivity contribution in [1.82, 2.24) is 14.4 Å². The van der Waals surface area contributed by atoms with Crippen molar-refractivity contribution in [2.45, 2.75) is 0 Å². The molecule has 4 nitrogen and oxygen atoms in total. The molecule has 17 heavy (non-hydrogen) atoms. The molecule has 0 unspecified atom stereocenters. The first-order chi connectivity index (χ1) is 8.38. The van der Waals surface area contributed by atoms with Crippen LogP contribution in [0.5, 0.6) is 0 Å². The van der Waals surface area contributed by atoms with Gasteiger partial charge in [-0.15, -0.1) is 0 Å². The number of fused-ring (bicyclic) bond motifs is 1. The first kappa shape index (κ1) is 9.72. The van der Waals surface area contributed by atoms with Crippen LogP contribution in [0.15, 0.2) is 49.1 Å². The van der Waals surface area contributed by atoms with Gasteiger partial charge in [-0.25, -0.2) is 4.98 Å². The van der Waals surface area contributed by atoms with Crippen molar-refractivity contribution < 1.29 is 4.79 Å². The minimum Gasteiger partial charge on any atom is -0.297 e. The number of hydrogen-bond donors (Lipinski definition) is 0. The van der Waals surface area contributed by atoms with E-state index < -0.39 is 0 Å². The molecule has 0 radical (unpaired) electrons. The number of nitrogens with zero attached hydrogens (tertiary/aromatic N) is 3. The molecule has 4 heteroatoms. The number of aldehydes is 1. The fourth-order valence-corrected chi connectivity index (χ4v) is 1.79. The highest BCUT2D eigenvalue weighted by molar-refractivity contribution is 5.75. The average molecular weight is 223 g/mol. The number of aromatic nitrogens is 3. The highest BCUT2D eigenvalue weighted by Gasteiger charge is 2.04. The van der Waals surface area contributed by atoms with Crippen LogP contribution in [-0.2, 0) is 0 Å². The number of rotatable bonds is 2. The van der Waals surface area contributed by atoms with E-state index in [0.717, 1.165) is 23.1 Å². The summed E-state index contributed by atoms with van der Waals surface area (Å²) < 4.78 is 1.77. The summed E-state index contributed by atoms with van der Waals surface area (Å²) in [6, 6.07) is 7.71. The summed E-state index contributed by atoms with van der Waals surface area (Å²) in [6.07, 6.45) is 7.78. The number of imidazole rings is 1. The van der Waals surface area contributed by atoms with E-state index in [1.807, 2.05) is 30.5 Å². The lowest BCUT2D eigenvalue weighted by molar-refractivity contribution is 0.111. The maximum absolute atomic E-state index is 10.9. The summed E-state index contributed by atoms with van der Waals surface area (Å²) in [4.78, 5) is 19.1. The zero-order chi connectivity index (χ0) is 11.7. The van der Waals surface area contributed by atoms with Gasteiger partial charge < -0.3 is 0 Å². The highest BCUT2D eigenvalue weighted by atomic mass is 16.1. The van der Waals surface area contributed by atoms with Gasteiger partial charge in [-0.05, 0) is 18.2 Å². The quantitative estimate of drug-likeness (QED) is 0.626. The van der Waals surface area contributed by atoms with Crippen molar-refractivity contribution >= 4 is 11.9 Å². The Morgan fingerprint density at radius 1 is 1.12 bits per heavy atom. The average Bonchev–Trinajstić information content (AvgIpc) is 2.81. The van der Waals surface area contributed by atoms with Crippen molar-refractivity contribution in [3.8, 4) is 11.1 Å². The molecule has 3 rings (SSSR count). The predicted octanol–water partition coefficient (Wildman–Crippen LogP) is 2.21. The molecule has 0 atom stereocenters. The molecule has 3 heterocycles. The molecule has 0 aliphatic carbocycles. The second kappa shape index (κ2) is 3.83. The molecule has 0 aromatic carbocycles. The van der Waals surface area contributed by atoms with Gasteiger partial charge in [0, 0.05) is 29.7 Å². The number of carbonyl (C=O) groups excluding carboxylic acids is 1. The molecule has 0 amide bonds. The first-order valence-corrected chi connectivity index (χ1v) is 5.21. The molecule has 0 spiro atoms. The summed E-state index contributed by atoms with van der Waals surface area (Å²) >= 11 is 0. The van der Waals surface area contributed by atoms with Gasteiger partial charge in [0.1, 0.15) is 11.3 Å². The van der Waals surface area contributed by atoms with E-state index in [1.54, 1.807) is 23.0 Å². The maximum Gasteiger partial charge on any atom is 0.168 e. The molecule has 0 aliphatic heterocycles. The van der Waals surface area contributed by atoms with Crippen LogP contribution < -0.4 is 0 Å². The minimum atomic E-state index is 0.547. The molecule has 3 aromatic rings. The van der Waals surface area contributed by atoms with Gasteiger partial charge in [0.05, 0.1) is 6.20 Å². The zero-order valence-electron chi connectivity index (χ0n) is 8.95. The Hall–Kier alpha value is -2.49. The van der Waals surface area contributed by atoms with E-state index >= 15 is 0 Å². The van der Waals surface area contributed by atoms with E-state index in [1.165, 1.54) is 0 Å².